The lowest BCUT2D eigenvalue weighted by molar-refractivity contribution is -0.145. The fourth-order valence-corrected chi connectivity index (χ4v) is 2.04. The Balaban J connectivity index is 2.36. The maximum atomic E-state index is 12.0. The van der Waals surface area contributed by atoms with E-state index in [4.69, 9.17) is 9.84 Å². The van der Waals surface area contributed by atoms with E-state index in [1.807, 2.05) is 13.8 Å². The van der Waals surface area contributed by atoms with Gasteiger partial charge in [-0.05, 0) is 12.8 Å². The van der Waals surface area contributed by atoms with Crippen molar-refractivity contribution in [3.05, 3.63) is 23.3 Å². The Labute approximate surface area is 134 Å². The normalized spacial score (nSPS) is 15.2. The van der Waals surface area contributed by atoms with Gasteiger partial charge in [0.2, 0.25) is 0 Å². The third kappa shape index (κ3) is 5.69. The molecule has 0 bridgehead atoms. The molecule has 1 N–H and O–H groups in total. The van der Waals surface area contributed by atoms with Gasteiger partial charge in [-0.25, -0.2) is 4.79 Å². The second-order valence-electron chi connectivity index (χ2n) is 5.60. The highest BCUT2D eigenvalue weighted by molar-refractivity contribution is 6.16. The molecule has 0 unspecified atom stereocenters. The number of esters is 1. The van der Waals surface area contributed by atoms with Gasteiger partial charge in [-0.3, -0.25) is 19.3 Å². The number of hydrogen-bond donors (Lipinski definition) is 1. The summed E-state index contributed by atoms with van der Waals surface area (Å²) in [5.74, 6) is -2.41. The van der Waals surface area contributed by atoms with Gasteiger partial charge in [0.05, 0.1) is 13.0 Å². The minimum Gasteiger partial charge on any atom is -0.478 e. The van der Waals surface area contributed by atoms with Gasteiger partial charge < -0.3 is 9.84 Å². The number of carboxylic acid groups (broad SMARTS) is 1. The standard InChI is InChI=1S/C16H21NO6/c1-10(2)12-9-13(18)17(16(12)22)6-4-15(21)23-7-5-11(3)8-14(19)20/h8-10H,4-7H2,1-3H3,(H,19,20)/b11-8+. The zero-order chi connectivity index (χ0) is 17.6. The molecule has 0 aromatic carbocycles. The highest BCUT2D eigenvalue weighted by Gasteiger charge is 2.32. The molecule has 0 aromatic heterocycles. The van der Waals surface area contributed by atoms with Crippen molar-refractivity contribution in [1.29, 1.82) is 0 Å². The summed E-state index contributed by atoms with van der Waals surface area (Å²) >= 11 is 0. The van der Waals surface area contributed by atoms with Gasteiger partial charge in [0.1, 0.15) is 0 Å². The maximum absolute atomic E-state index is 12.0. The second-order valence-corrected chi connectivity index (χ2v) is 5.60. The molecular formula is C16H21NO6. The smallest absolute Gasteiger partial charge is 0.328 e. The minimum atomic E-state index is -1.05. The molecule has 0 saturated heterocycles. The molecule has 126 valence electrons. The predicted molar refractivity (Wildman–Crippen MR) is 81.2 cm³/mol. The van der Waals surface area contributed by atoms with Crippen LogP contribution in [0.5, 0.6) is 0 Å². The van der Waals surface area contributed by atoms with Crippen LogP contribution in [-0.2, 0) is 23.9 Å². The van der Waals surface area contributed by atoms with Crippen molar-refractivity contribution < 1.29 is 29.0 Å². The van der Waals surface area contributed by atoms with E-state index in [0.717, 1.165) is 11.0 Å². The van der Waals surface area contributed by atoms with E-state index >= 15 is 0 Å². The first-order chi connectivity index (χ1) is 10.7. The number of rotatable bonds is 8. The highest BCUT2D eigenvalue weighted by atomic mass is 16.5. The van der Waals surface area contributed by atoms with Crippen LogP contribution in [0.4, 0.5) is 0 Å². The predicted octanol–water partition coefficient (Wildman–Crippen LogP) is 1.29. The van der Waals surface area contributed by atoms with Crippen molar-refractivity contribution in [2.45, 2.75) is 33.6 Å². The summed E-state index contributed by atoms with van der Waals surface area (Å²) in [5, 5.41) is 8.55. The van der Waals surface area contributed by atoms with Gasteiger partial charge in [0.15, 0.2) is 0 Å². The van der Waals surface area contributed by atoms with Crippen LogP contribution in [0.15, 0.2) is 23.3 Å². The maximum Gasteiger partial charge on any atom is 0.328 e. The topological polar surface area (TPSA) is 101 Å². The molecule has 23 heavy (non-hydrogen) atoms. The van der Waals surface area contributed by atoms with E-state index in [-0.39, 0.29) is 31.4 Å². The molecule has 1 aliphatic rings. The van der Waals surface area contributed by atoms with E-state index in [0.29, 0.717) is 17.6 Å². The van der Waals surface area contributed by atoms with E-state index < -0.39 is 17.8 Å². The summed E-state index contributed by atoms with van der Waals surface area (Å²) in [4.78, 5) is 46.8. The molecule has 2 amide bonds. The Kier molecular flexibility index (Phi) is 6.68. The quantitative estimate of drug-likeness (QED) is 0.410. The molecule has 0 saturated carbocycles. The molecule has 0 atom stereocenters. The van der Waals surface area contributed by atoms with Gasteiger partial charge in [-0.1, -0.05) is 19.4 Å². The first kappa shape index (κ1) is 18.6. The van der Waals surface area contributed by atoms with E-state index in [1.165, 1.54) is 6.08 Å². The first-order valence-electron chi connectivity index (χ1n) is 7.35. The summed E-state index contributed by atoms with van der Waals surface area (Å²) in [6, 6.07) is 0. The van der Waals surface area contributed by atoms with Crippen LogP contribution < -0.4 is 0 Å². The lowest BCUT2D eigenvalue weighted by atomic mass is 10.0. The van der Waals surface area contributed by atoms with Crippen LogP contribution in [0, 0.1) is 5.92 Å². The Morgan fingerprint density at radius 2 is 1.96 bits per heavy atom. The second kappa shape index (κ2) is 8.26. The molecule has 0 fully saturated rings. The average molecular weight is 323 g/mol. The van der Waals surface area contributed by atoms with Gasteiger partial charge in [0.25, 0.3) is 11.8 Å². The molecule has 0 radical (unpaired) electrons. The van der Waals surface area contributed by atoms with Gasteiger partial charge in [-0.15, -0.1) is 0 Å². The van der Waals surface area contributed by atoms with Crippen LogP contribution in [0.2, 0.25) is 0 Å². The number of aliphatic carboxylic acids is 1. The molecular weight excluding hydrogens is 302 g/mol. The first-order valence-corrected chi connectivity index (χ1v) is 7.35. The summed E-state index contributed by atoms with van der Waals surface area (Å²) < 4.78 is 4.96. The van der Waals surface area contributed by atoms with Crippen molar-refractivity contribution in [3.8, 4) is 0 Å². The lowest BCUT2D eigenvalue weighted by Crippen LogP contribution is -2.34. The number of hydrogen-bond acceptors (Lipinski definition) is 5. The average Bonchev–Trinajstić information content (AvgIpc) is 2.71. The van der Waals surface area contributed by atoms with Crippen LogP contribution >= 0.6 is 0 Å². The fourth-order valence-electron chi connectivity index (χ4n) is 2.04. The Morgan fingerprint density at radius 1 is 1.30 bits per heavy atom. The monoisotopic (exact) mass is 323 g/mol. The Bertz CT molecular complexity index is 573. The van der Waals surface area contributed by atoms with Crippen molar-refractivity contribution in [2.75, 3.05) is 13.2 Å². The van der Waals surface area contributed by atoms with Crippen LogP contribution in [-0.4, -0.2) is 46.9 Å². The van der Waals surface area contributed by atoms with E-state index in [1.54, 1.807) is 6.92 Å². The molecule has 0 aromatic rings. The number of ether oxygens (including phenoxy) is 1. The number of carbonyl (C=O) groups is 4. The molecule has 1 rings (SSSR count). The zero-order valence-corrected chi connectivity index (χ0v) is 13.5. The Morgan fingerprint density at radius 3 is 2.48 bits per heavy atom. The summed E-state index contributed by atoms with van der Waals surface area (Å²) in [6.45, 7) is 5.31. The van der Waals surface area contributed by atoms with Gasteiger partial charge in [0, 0.05) is 30.7 Å². The lowest BCUT2D eigenvalue weighted by Gasteiger charge is -2.15. The third-order valence-electron chi connectivity index (χ3n) is 3.33. The number of amides is 2. The zero-order valence-electron chi connectivity index (χ0n) is 13.5. The van der Waals surface area contributed by atoms with Crippen molar-refractivity contribution in [3.63, 3.8) is 0 Å². The third-order valence-corrected chi connectivity index (χ3v) is 3.33. The summed E-state index contributed by atoms with van der Waals surface area (Å²) in [6.07, 6.45) is 2.59. The van der Waals surface area contributed by atoms with Crippen LogP contribution in [0.3, 0.4) is 0 Å². The number of carbonyl (C=O) groups excluding carboxylic acids is 3. The van der Waals surface area contributed by atoms with Crippen molar-refractivity contribution >= 4 is 23.8 Å². The molecule has 0 aliphatic carbocycles. The largest absolute Gasteiger partial charge is 0.478 e. The molecule has 7 nitrogen and oxygen atoms in total. The molecule has 1 heterocycles. The van der Waals surface area contributed by atoms with Crippen molar-refractivity contribution in [2.24, 2.45) is 5.92 Å². The number of imide groups is 1. The fraction of sp³-hybridized carbons (Fsp3) is 0.500. The number of carboxylic acids is 1. The summed E-state index contributed by atoms with van der Waals surface area (Å²) in [7, 11) is 0. The highest BCUT2D eigenvalue weighted by Crippen LogP contribution is 2.20. The van der Waals surface area contributed by atoms with Crippen molar-refractivity contribution in [1.82, 2.24) is 4.90 Å². The minimum absolute atomic E-state index is 0.0207. The molecule has 0 spiro atoms. The van der Waals surface area contributed by atoms with E-state index in [2.05, 4.69) is 0 Å². The van der Waals surface area contributed by atoms with E-state index in [9.17, 15) is 19.2 Å². The Hall–Kier alpha value is -2.44. The van der Waals surface area contributed by atoms with Gasteiger partial charge >= 0.3 is 11.9 Å². The van der Waals surface area contributed by atoms with Crippen LogP contribution in [0.25, 0.3) is 0 Å². The SMILES string of the molecule is C/C(=C\C(=O)O)CCOC(=O)CCN1C(=O)C=C(C(C)C)C1=O. The summed E-state index contributed by atoms with van der Waals surface area (Å²) in [5.41, 5.74) is 1.03. The molecule has 1 aliphatic heterocycles. The van der Waals surface area contributed by atoms with Crippen LogP contribution in [0.1, 0.15) is 33.6 Å². The van der Waals surface area contributed by atoms with Gasteiger partial charge in [-0.2, -0.15) is 0 Å². The molecule has 7 heteroatoms. The number of nitrogens with zero attached hydrogens (tertiary/aromatic N) is 1.